The molecule has 1 heterocycles. The third kappa shape index (κ3) is 2.95. The van der Waals surface area contributed by atoms with E-state index in [4.69, 9.17) is 0 Å². The third-order valence-corrected chi connectivity index (χ3v) is 3.77. The van der Waals surface area contributed by atoms with Gasteiger partial charge < -0.3 is 5.32 Å². The first-order valence-electron chi connectivity index (χ1n) is 6.57. The highest BCUT2D eigenvalue weighted by molar-refractivity contribution is 9.10. The highest BCUT2D eigenvalue weighted by Crippen LogP contribution is 2.21. The van der Waals surface area contributed by atoms with Crippen LogP contribution in [0.2, 0.25) is 0 Å². The number of rotatable bonds is 2. The molecule has 3 nitrogen and oxygen atoms in total. The molecule has 2 aromatic carbocycles. The van der Waals surface area contributed by atoms with Crippen LogP contribution in [0.5, 0.6) is 0 Å². The molecule has 0 atom stereocenters. The minimum atomic E-state index is -0.207. The molecule has 0 spiro atoms. The van der Waals surface area contributed by atoms with E-state index in [1.807, 2.05) is 55.5 Å². The van der Waals surface area contributed by atoms with Crippen molar-refractivity contribution in [3.05, 3.63) is 70.3 Å². The summed E-state index contributed by atoms with van der Waals surface area (Å²) in [6.07, 6.45) is 0. The maximum atomic E-state index is 12.3. The first-order chi connectivity index (χ1) is 10.1. The van der Waals surface area contributed by atoms with Crippen molar-refractivity contribution in [3.8, 4) is 0 Å². The lowest BCUT2D eigenvalue weighted by Gasteiger charge is -2.09. The Morgan fingerprint density at radius 1 is 1.10 bits per heavy atom. The molecule has 4 heteroatoms. The molecule has 1 aromatic heterocycles. The van der Waals surface area contributed by atoms with E-state index in [-0.39, 0.29) is 5.91 Å². The Hall–Kier alpha value is -2.20. The number of aromatic nitrogens is 1. The number of pyridine rings is 1. The molecule has 0 saturated carbocycles. The van der Waals surface area contributed by atoms with E-state index in [1.54, 1.807) is 6.07 Å². The number of hydrogen-bond acceptors (Lipinski definition) is 2. The van der Waals surface area contributed by atoms with Gasteiger partial charge in [-0.15, -0.1) is 0 Å². The predicted octanol–water partition coefficient (Wildman–Crippen LogP) is 4.56. The first-order valence-corrected chi connectivity index (χ1v) is 7.36. The minimum absolute atomic E-state index is 0.207. The Labute approximate surface area is 131 Å². The SMILES string of the molecule is Cc1ccc(Br)cc1NC(=O)c1ccc2ccccc2n1. The molecule has 0 fully saturated rings. The van der Waals surface area contributed by atoms with Crippen molar-refractivity contribution in [2.45, 2.75) is 6.92 Å². The number of para-hydroxylation sites is 1. The van der Waals surface area contributed by atoms with E-state index in [2.05, 4.69) is 26.2 Å². The van der Waals surface area contributed by atoms with E-state index < -0.39 is 0 Å². The number of nitrogens with one attached hydrogen (secondary N) is 1. The third-order valence-electron chi connectivity index (χ3n) is 3.28. The van der Waals surface area contributed by atoms with Crippen molar-refractivity contribution < 1.29 is 4.79 Å². The molecule has 0 bridgehead atoms. The van der Waals surface area contributed by atoms with E-state index in [9.17, 15) is 4.79 Å². The summed E-state index contributed by atoms with van der Waals surface area (Å²) < 4.78 is 0.926. The Morgan fingerprint density at radius 3 is 2.76 bits per heavy atom. The van der Waals surface area contributed by atoms with Gasteiger partial charge in [0.25, 0.3) is 5.91 Å². The second-order valence-electron chi connectivity index (χ2n) is 4.80. The fourth-order valence-electron chi connectivity index (χ4n) is 2.11. The summed E-state index contributed by atoms with van der Waals surface area (Å²) in [7, 11) is 0. The standard InChI is InChI=1S/C17H13BrN2O/c1-11-6-8-13(18)10-16(11)20-17(21)15-9-7-12-4-2-3-5-14(12)19-15/h2-10H,1H3,(H,20,21). The van der Waals surface area contributed by atoms with Crippen LogP contribution in [0.3, 0.4) is 0 Å². The summed E-state index contributed by atoms with van der Waals surface area (Å²) in [5.41, 5.74) is 3.01. The molecule has 104 valence electrons. The number of benzene rings is 2. The number of carbonyl (C=O) groups excluding carboxylic acids is 1. The van der Waals surface area contributed by atoms with Crippen LogP contribution in [0.15, 0.2) is 59.1 Å². The van der Waals surface area contributed by atoms with Crippen LogP contribution in [-0.2, 0) is 0 Å². The van der Waals surface area contributed by atoms with Crippen LogP contribution < -0.4 is 5.32 Å². The summed E-state index contributed by atoms with van der Waals surface area (Å²) in [6.45, 7) is 1.95. The van der Waals surface area contributed by atoms with Gasteiger partial charge in [-0.05, 0) is 36.8 Å². The van der Waals surface area contributed by atoms with Crippen LogP contribution >= 0.6 is 15.9 Å². The summed E-state index contributed by atoms with van der Waals surface area (Å²) in [6, 6.07) is 17.2. The van der Waals surface area contributed by atoms with Crippen molar-refractivity contribution in [2.75, 3.05) is 5.32 Å². The first kappa shape index (κ1) is 13.8. The topological polar surface area (TPSA) is 42.0 Å². The molecular weight excluding hydrogens is 328 g/mol. The average molecular weight is 341 g/mol. The van der Waals surface area contributed by atoms with Gasteiger partial charge in [0.1, 0.15) is 5.69 Å². The lowest BCUT2D eigenvalue weighted by Crippen LogP contribution is -2.14. The number of carbonyl (C=O) groups is 1. The lowest BCUT2D eigenvalue weighted by molar-refractivity contribution is 0.102. The zero-order valence-corrected chi connectivity index (χ0v) is 13.0. The maximum Gasteiger partial charge on any atom is 0.274 e. The van der Waals surface area contributed by atoms with Gasteiger partial charge in [0.15, 0.2) is 0 Å². The van der Waals surface area contributed by atoms with Crippen molar-refractivity contribution in [2.24, 2.45) is 0 Å². The second-order valence-corrected chi connectivity index (χ2v) is 5.72. The number of nitrogens with zero attached hydrogens (tertiary/aromatic N) is 1. The van der Waals surface area contributed by atoms with E-state index in [1.165, 1.54) is 0 Å². The second kappa shape index (κ2) is 5.66. The van der Waals surface area contributed by atoms with Crippen LogP contribution in [0.25, 0.3) is 10.9 Å². The summed E-state index contributed by atoms with van der Waals surface area (Å²) in [5.74, 6) is -0.207. The highest BCUT2D eigenvalue weighted by atomic mass is 79.9. The van der Waals surface area contributed by atoms with E-state index >= 15 is 0 Å². The Kier molecular flexibility index (Phi) is 3.71. The maximum absolute atomic E-state index is 12.3. The summed E-state index contributed by atoms with van der Waals surface area (Å²) in [5, 5.41) is 3.92. The van der Waals surface area contributed by atoms with Gasteiger partial charge in [-0.2, -0.15) is 0 Å². The average Bonchev–Trinajstić information content (AvgIpc) is 2.50. The molecule has 0 aliphatic rings. The van der Waals surface area contributed by atoms with Gasteiger partial charge in [-0.3, -0.25) is 4.79 Å². The monoisotopic (exact) mass is 340 g/mol. The van der Waals surface area contributed by atoms with Gasteiger partial charge in [-0.1, -0.05) is 46.3 Å². The largest absolute Gasteiger partial charge is 0.320 e. The molecule has 0 radical (unpaired) electrons. The molecule has 3 rings (SSSR count). The fourth-order valence-corrected chi connectivity index (χ4v) is 2.47. The van der Waals surface area contributed by atoms with E-state index in [0.29, 0.717) is 5.69 Å². The van der Waals surface area contributed by atoms with E-state index in [0.717, 1.165) is 26.6 Å². The zero-order chi connectivity index (χ0) is 14.8. The van der Waals surface area contributed by atoms with Gasteiger partial charge in [0.05, 0.1) is 5.52 Å². The number of aryl methyl sites for hydroxylation is 1. The number of amides is 1. The molecule has 1 amide bonds. The lowest BCUT2D eigenvalue weighted by atomic mass is 10.2. The Bertz CT molecular complexity index is 830. The molecule has 0 aliphatic carbocycles. The van der Waals surface area contributed by atoms with Crippen LogP contribution in [-0.4, -0.2) is 10.9 Å². The number of fused-ring (bicyclic) bond motifs is 1. The normalized spacial score (nSPS) is 10.6. The van der Waals surface area contributed by atoms with Crippen molar-refractivity contribution >= 4 is 38.4 Å². The smallest absolute Gasteiger partial charge is 0.274 e. The summed E-state index contributed by atoms with van der Waals surface area (Å²) in [4.78, 5) is 16.7. The van der Waals surface area contributed by atoms with Gasteiger partial charge in [0.2, 0.25) is 0 Å². The van der Waals surface area contributed by atoms with Crippen LogP contribution in [0, 0.1) is 6.92 Å². The van der Waals surface area contributed by atoms with Crippen LogP contribution in [0.4, 0.5) is 5.69 Å². The number of halogens is 1. The van der Waals surface area contributed by atoms with Crippen molar-refractivity contribution in [1.29, 1.82) is 0 Å². The Balaban J connectivity index is 1.91. The molecule has 1 N–H and O–H groups in total. The molecule has 0 aliphatic heterocycles. The number of anilines is 1. The molecule has 3 aromatic rings. The molecule has 0 unspecified atom stereocenters. The van der Waals surface area contributed by atoms with Crippen molar-refractivity contribution in [3.63, 3.8) is 0 Å². The Morgan fingerprint density at radius 2 is 1.90 bits per heavy atom. The number of hydrogen-bond donors (Lipinski definition) is 1. The summed E-state index contributed by atoms with van der Waals surface area (Å²) >= 11 is 3.41. The quantitative estimate of drug-likeness (QED) is 0.743. The molecule has 0 saturated heterocycles. The van der Waals surface area contributed by atoms with Gasteiger partial charge in [-0.25, -0.2) is 4.98 Å². The van der Waals surface area contributed by atoms with Gasteiger partial charge >= 0.3 is 0 Å². The van der Waals surface area contributed by atoms with Crippen LogP contribution in [0.1, 0.15) is 16.1 Å². The van der Waals surface area contributed by atoms with Gasteiger partial charge in [0, 0.05) is 15.5 Å². The molecule has 21 heavy (non-hydrogen) atoms. The fraction of sp³-hybridized carbons (Fsp3) is 0.0588. The van der Waals surface area contributed by atoms with Crippen molar-refractivity contribution in [1.82, 2.24) is 4.98 Å². The molecular formula is C17H13BrN2O. The highest BCUT2D eigenvalue weighted by Gasteiger charge is 2.10. The minimum Gasteiger partial charge on any atom is -0.320 e. The zero-order valence-electron chi connectivity index (χ0n) is 11.4. The predicted molar refractivity (Wildman–Crippen MR) is 88.6 cm³/mol.